The molecular weight excluding hydrogens is 400 g/mol. The van der Waals surface area contributed by atoms with Crippen LogP contribution < -0.4 is 10.3 Å². The van der Waals surface area contributed by atoms with Gasteiger partial charge in [-0.1, -0.05) is 37.3 Å². The van der Waals surface area contributed by atoms with Crippen LogP contribution in [0.3, 0.4) is 0 Å². The molecule has 7 nitrogen and oxygen atoms in total. The van der Waals surface area contributed by atoms with Gasteiger partial charge in [0, 0.05) is 6.20 Å². The van der Waals surface area contributed by atoms with Crippen LogP contribution in [0.1, 0.15) is 52.3 Å². The predicted molar refractivity (Wildman–Crippen MR) is 114 cm³/mol. The second-order valence-electron chi connectivity index (χ2n) is 7.02. The number of rotatable bonds is 4. The lowest BCUT2D eigenvalue weighted by Gasteiger charge is -2.20. The molecule has 5 rings (SSSR count). The molecule has 0 N–H and O–H groups in total. The zero-order valence-electron chi connectivity index (χ0n) is 16.5. The van der Waals surface area contributed by atoms with Crippen molar-refractivity contribution in [2.24, 2.45) is 0 Å². The lowest BCUT2D eigenvalue weighted by molar-refractivity contribution is 0.0970. The molecule has 0 spiro atoms. The predicted octanol–water partition coefficient (Wildman–Crippen LogP) is 3.91. The molecule has 0 saturated heterocycles. The lowest BCUT2D eigenvalue weighted by atomic mass is 10.0. The summed E-state index contributed by atoms with van der Waals surface area (Å²) in [5.74, 6) is -0.362. The zero-order valence-corrected chi connectivity index (χ0v) is 17.3. The summed E-state index contributed by atoms with van der Waals surface area (Å²) in [6.07, 6.45) is 3.15. The molecular formula is C22H18N4O3S. The van der Waals surface area contributed by atoms with Crippen LogP contribution in [0, 0.1) is 0 Å². The van der Waals surface area contributed by atoms with Gasteiger partial charge in [0.2, 0.25) is 10.9 Å². The van der Waals surface area contributed by atoms with Gasteiger partial charge in [0.15, 0.2) is 5.43 Å². The molecule has 0 radical (unpaired) electrons. The number of hydrogen-bond acceptors (Lipinski definition) is 7. The van der Waals surface area contributed by atoms with E-state index in [2.05, 4.69) is 15.2 Å². The van der Waals surface area contributed by atoms with Crippen molar-refractivity contribution in [2.45, 2.75) is 32.7 Å². The summed E-state index contributed by atoms with van der Waals surface area (Å²) in [5, 5.41) is 10.1. The van der Waals surface area contributed by atoms with Crippen LogP contribution in [0.4, 0.5) is 5.13 Å². The topological polar surface area (TPSA) is 89.2 Å². The number of carbonyl (C=O) groups excluding carboxylic acids is 1. The number of pyridine rings is 1. The summed E-state index contributed by atoms with van der Waals surface area (Å²) in [6, 6.07) is 10.2. The van der Waals surface area contributed by atoms with Gasteiger partial charge >= 0.3 is 0 Å². The van der Waals surface area contributed by atoms with Crippen LogP contribution in [0.2, 0.25) is 0 Å². The summed E-state index contributed by atoms with van der Waals surface area (Å²) in [6.45, 7) is 4.00. The average Bonchev–Trinajstić information content (AvgIpc) is 3.37. The minimum Gasteiger partial charge on any atom is -0.450 e. The van der Waals surface area contributed by atoms with Crippen molar-refractivity contribution >= 4 is 33.3 Å². The number of fused-ring (bicyclic) bond motifs is 2. The summed E-state index contributed by atoms with van der Waals surface area (Å²) < 4.78 is 5.97. The van der Waals surface area contributed by atoms with Gasteiger partial charge in [0.1, 0.15) is 16.6 Å². The Bertz CT molecular complexity index is 1330. The van der Waals surface area contributed by atoms with E-state index in [-0.39, 0.29) is 11.2 Å². The van der Waals surface area contributed by atoms with Crippen molar-refractivity contribution in [1.29, 1.82) is 0 Å². The Morgan fingerprint density at radius 1 is 1.10 bits per heavy atom. The molecule has 4 aromatic rings. The second kappa shape index (κ2) is 7.14. The van der Waals surface area contributed by atoms with Gasteiger partial charge in [0.25, 0.3) is 5.91 Å². The molecule has 0 bridgehead atoms. The van der Waals surface area contributed by atoms with Gasteiger partial charge in [-0.15, -0.1) is 10.2 Å². The molecule has 0 fully saturated rings. The molecule has 30 heavy (non-hydrogen) atoms. The van der Waals surface area contributed by atoms with Crippen molar-refractivity contribution in [1.82, 2.24) is 15.2 Å². The first kappa shape index (κ1) is 18.6. The fourth-order valence-electron chi connectivity index (χ4n) is 3.74. The van der Waals surface area contributed by atoms with Crippen molar-refractivity contribution < 1.29 is 9.21 Å². The van der Waals surface area contributed by atoms with Crippen LogP contribution in [0.25, 0.3) is 11.0 Å². The highest BCUT2D eigenvalue weighted by Gasteiger charge is 2.45. The first-order valence-corrected chi connectivity index (χ1v) is 10.6. The maximum absolute atomic E-state index is 13.6. The second-order valence-corrected chi connectivity index (χ2v) is 8.06. The van der Waals surface area contributed by atoms with E-state index in [9.17, 15) is 9.59 Å². The van der Waals surface area contributed by atoms with E-state index in [1.54, 1.807) is 24.4 Å². The van der Waals surface area contributed by atoms with E-state index in [0.29, 0.717) is 33.8 Å². The van der Waals surface area contributed by atoms with Crippen LogP contribution in [0.5, 0.6) is 0 Å². The molecule has 0 saturated carbocycles. The van der Waals surface area contributed by atoms with Crippen molar-refractivity contribution in [3.8, 4) is 0 Å². The molecule has 150 valence electrons. The number of aryl methyl sites for hydroxylation is 2. The van der Waals surface area contributed by atoms with Crippen LogP contribution in [-0.2, 0) is 12.8 Å². The summed E-state index contributed by atoms with van der Waals surface area (Å²) in [7, 11) is 0. The number of carbonyl (C=O) groups is 1. The number of hydrogen-bond donors (Lipinski definition) is 0. The van der Waals surface area contributed by atoms with Crippen LogP contribution in [0.15, 0.2) is 51.8 Å². The summed E-state index contributed by atoms with van der Waals surface area (Å²) in [4.78, 5) is 32.9. The molecule has 1 aromatic carbocycles. The smallest absolute Gasteiger partial charge is 0.297 e. The number of nitrogens with zero attached hydrogens (tertiary/aromatic N) is 4. The van der Waals surface area contributed by atoms with Crippen molar-refractivity contribution in [3.63, 3.8) is 0 Å². The minimum atomic E-state index is -0.711. The van der Waals surface area contributed by atoms with E-state index in [0.717, 1.165) is 17.0 Å². The summed E-state index contributed by atoms with van der Waals surface area (Å²) in [5.41, 5.74) is 2.09. The monoisotopic (exact) mass is 418 g/mol. The molecule has 4 heterocycles. The molecule has 1 unspecified atom stereocenters. The van der Waals surface area contributed by atoms with Gasteiger partial charge < -0.3 is 4.42 Å². The van der Waals surface area contributed by atoms with E-state index in [4.69, 9.17) is 4.42 Å². The fourth-order valence-corrected chi connectivity index (χ4v) is 4.54. The number of amides is 1. The van der Waals surface area contributed by atoms with Gasteiger partial charge in [0.05, 0.1) is 16.6 Å². The van der Waals surface area contributed by atoms with E-state index in [1.807, 2.05) is 32.0 Å². The van der Waals surface area contributed by atoms with Gasteiger partial charge in [-0.25, -0.2) is 0 Å². The Hall–Kier alpha value is -3.39. The molecule has 1 atom stereocenters. The largest absolute Gasteiger partial charge is 0.450 e. The van der Waals surface area contributed by atoms with Crippen LogP contribution >= 0.6 is 11.3 Å². The normalized spacial score (nSPS) is 15.7. The third-order valence-electron chi connectivity index (χ3n) is 5.28. The number of anilines is 1. The Morgan fingerprint density at radius 2 is 1.97 bits per heavy atom. The first-order chi connectivity index (χ1) is 14.6. The SMILES string of the molecule is CCc1ccc2oc3c(c(=O)c2c1)C(c1ccccn1)N(c1nnc(CC)s1)C3=O. The molecule has 3 aromatic heterocycles. The molecule has 0 aliphatic carbocycles. The zero-order chi connectivity index (χ0) is 20.8. The summed E-state index contributed by atoms with van der Waals surface area (Å²) >= 11 is 1.33. The highest BCUT2D eigenvalue weighted by molar-refractivity contribution is 7.15. The Balaban J connectivity index is 1.79. The maximum Gasteiger partial charge on any atom is 0.297 e. The number of aromatic nitrogens is 3. The third kappa shape index (κ3) is 2.75. The highest BCUT2D eigenvalue weighted by Crippen LogP contribution is 2.41. The van der Waals surface area contributed by atoms with E-state index >= 15 is 0 Å². The minimum absolute atomic E-state index is 0.0423. The molecule has 1 aliphatic heterocycles. The lowest BCUT2D eigenvalue weighted by Crippen LogP contribution is -2.30. The standard InChI is InChI=1S/C22H18N4O3S/c1-3-12-8-9-15-13(11-12)19(27)17-18(14-7-5-6-10-23-14)26(21(28)20(17)29-15)22-25-24-16(4-2)30-22/h5-11,18H,3-4H2,1-2H3. The van der Waals surface area contributed by atoms with E-state index < -0.39 is 11.9 Å². The van der Waals surface area contributed by atoms with Gasteiger partial charge in [-0.2, -0.15) is 0 Å². The first-order valence-electron chi connectivity index (χ1n) is 9.78. The van der Waals surface area contributed by atoms with Crippen molar-refractivity contribution in [3.05, 3.63) is 80.4 Å². The average molecular weight is 418 g/mol. The fraction of sp³-hybridized carbons (Fsp3) is 0.227. The Labute approximate surface area is 176 Å². The number of benzene rings is 1. The van der Waals surface area contributed by atoms with E-state index in [1.165, 1.54) is 16.2 Å². The van der Waals surface area contributed by atoms with Crippen molar-refractivity contribution in [2.75, 3.05) is 4.90 Å². The quantitative estimate of drug-likeness (QED) is 0.499. The highest BCUT2D eigenvalue weighted by atomic mass is 32.1. The van der Waals surface area contributed by atoms with Crippen LogP contribution in [-0.4, -0.2) is 21.1 Å². The molecule has 8 heteroatoms. The van der Waals surface area contributed by atoms with Gasteiger partial charge in [-0.3, -0.25) is 19.5 Å². The maximum atomic E-state index is 13.6. The molecule has 1 aliphatic rings. The van der Waals surface area contributed by atoms with Gasteiger partial charge in [-0.05, 0) is 42.7 Å². The Kier molecular flexibility index (Phi) is 4.43. The Morgan fingerprint density at radius 3 is 2.67 bits per heavy atom. The molecule has 1 amide bonds. The third-order valence-corrected chi connectivity index (χ3v) is 6.34.